The first-order valence-corrected chi connectivity index (χ1v) is 8.26. The molecule has 1 aliphatic carbocycles. The van der Waals surface area contributed by atoms with E-state index in [9.17, 15) is 0 Å². The van der Waals surface area contributed by atoms with Gasteiger partial charge in [-0.3, -0.25) is 4.90 Å². The Balaban J connectivity index is 1.70. The van der Waals surface area contributed by atoms with E-state index in [1.54, 1.807) is 0 Å². The van der Waals surface area contributed by atoms with E-state index < -0.39 is 0 Å². The molecule has 0 unspecified atom stereocenters. The number of likely N-dealkylation sites (tertiary alicyclic amines) is 1. The summed E-state index contributed by atoms with van der Waals surface area (Å²) in [5.74, 6) is 6.95. The maximum absolute atomic E-state index is 3.56. The second-order valence-corrected chi connectivity index (χ2v) is 6.18. The molecule has 2 fully saturated rings. The SMILES string of the molecule is C(#C[C@@H]1CCCCN1C1CCCCC1)c1ccccc1. The lowest BCUT2D eigenvalue weighted by Gasteiger charge is -2.40. The van der Waals surface area contributed by atoms with Crippen LogP contribution in [0.3, 0.4) is 0 Å². The third-order valence-electron chi connectivity index (χ3n) is 4.74. The lowest BCUT2D eigenvalue weighted by molar-refractivity contribution is 0.1000. The lowest BCUT2D eigenvalue weighted by Crippen LogP contribution is -2.46. The quantitative estimate of drug-likeness (QED) is 0.688. The zero-order chi connectivity index (χ0) is 13.6. The Morgan fingerprint density at radius 2 is 1.60 bits per heavy atom. The lowest BCUT2D eigenvalue weighted by atomic mass is 9.90. The minimum Gasteiger partial charge on any atom is -0.287 e. The van der Waals surface area contributed by atoms with Crippen LogP contribution in [-0.2, 0) is 0 Å². The first-order valence-electron chi connectivity index (χ1n) is 8.26. The van der Waals surface area contributed by atoms with Crippen LogP contribution < -0.4 is 0 Å². The Labute approximate surface area is 123 Å². The zero-order valence-corrected chi connectivity index (χ0v) is 12.4. The molecule has 1 aromatic rings. The van der Waals surface area contributed by atoms with Crippen LogP contribution in [-0.4, -0.2) is 23.5 Å². The van der Waals surface area contributed by atoms with E-state index in [0.717, 1.165) is 11.6 Å². The second-order valence-electron chi connectivity index (χ2n) is 6.18. The molecule has 0 bridgehead atoms. The van der Waals surface area contributed by atoms with E-state index >= 15 is 0 Å². The summed E-state index contributed by atoms with van der Waals surface area (Å²) in [4.78, 5) is 2.72. The highest BCUT2D eigenvalue weighted by Crippen LogP contribution is 2.28. The molecular formula is C19H25N. The van der Waals surface area contributed by atoms with Gasteiger partial charge in [-0.05, 0) is 50.8 Å². The molecule has 1 aliphatic heterocycles. The Morgan fingerprint density at radius 3 is 2.40 bits per heavy atom. The van der Waals surface area contributed by atoms with Crippen LogP contribution in [0.1, 0.15) is 56.9 Å². The molecule has 0 aromatic heterocycles. The minimum absolute atomic E-state index is 0.493. The van der Waals surface area contributed by atoms with Gasteiger partial charge in [-0.15, -0.1) is 0 Å². The largest absolute Gasteiger partial charge is 0.287 e. The molecule has 20 heavy (non-hydrogen) atoms. The summed E-state index contributed by atoms with van der Waals surface area (Å²) < 4.78 is 0. The van der Waals surface area contributed by atoms with E-state index in [4.69, 9.17) is 0 Å². The van der Waals surface area contributed by atoms with Crippen LogP contribution in [0.25, 0.3) is 0 Å². The van der Waals surface area contributed by atoms with Crippen LogP contribution in [0.15, 0.2) is 30.3 Å². The van der Waals surface area contributed by atoms with Gasteiger partial charge in [-0.25, -0.2) is 0 Å². The summed E-state index contributed by atoms with van der Waals surface area (Å²) in [6.45, 7) is 1.26. The highest BCUT2D eigenvalue weighted by Gasteiger charge is 2.28. The topological polar surface area (TPSA) is 3.24 Å². The van der Waals surface area contributed by atoms with E-state index in [0.29, 0.717) is 6.04 Å². The van der Waals surface area contributed by atoms with Gasteiger partial charge in [0.2, 0.25) is 0 Å². The van der Waals surface area contributed by atoms with Crippen LogP contribution in [0.2, 0.25) is 0 Å². The van der Waals surface area contributed by atoms with Crippen LogP contribution in [0.5, 0.6) is 0 Å². The van der Waals surface area contributed by atoms with Gasteiger partial charge in [0.15, 0.2) is 0 Å². The van der Waals surface area contributed by atoms with Gasteiger partial charge in [-0.2, -0.15) is 0 Å². The van der Waals surface area contributed by atoms with Crippen molar-refractivity contribution in [3.8, 4) is 11.8 Å². The fourth-order valence-corrected chi connectivity index (χ4v) is 3.65. The van der Waals surface area contributed by atoms with Crippen molar-refractivity contribution in [2.75, 3.05) is 6.54 Å². The minimum atomic E-state index is 0.493. The Morgan fingerprint density at radius 1 is 0.850 bits per heavy atom. The number of nitrogens with zero attached hydrogens (tertiary/aromatic N) is 1. The molecule has 0 spiro atoms. The smallest absolute Gasteiger partial charge is 0.0720 e. The van der Waals surface area contributed by atoms with E-state index in [1.807, 2.05) is 0 Å². The van der Waals surface area contributed by atoms with Gasteiger partial charge in [0.1, 0.15) is 0 Å². The molecule has 0 N–H and O–H groups in total. The molecule has 1 aromatic carbocycles. The van der Waals surface area contributed by atoms with Crippen LogP contribution in [0, 0.1) is 11.8 Å². The molecule has 1 atom stereocenters. The molecule has 2 aliphatic rings. The molecule has 1 heteroatoms. The standard InChI is InChI=1S/C19H25N/c1-3-9-17(10-4-1)14-15-19-13-7-8-16-20(19)18-11-5-2-6-12-18/h1,3-4,9-10,18-19H,2,5-8,11-13,16H2/t19-/m0/s1. The summed E-state index contributed by atoms with van der Waals surface area (Å²) in [6, 6.07) is 11.7. The molecule has 1 saturated heterocycles. The van der Waals surface area contributed by atoms with E-state index in [-0.39, 0.29) is 0 Å². The molecular weight excluding hydrogens is 242 g/mol. The number of hydrogen-bond acceptors (Lipinski definition) is 1. The van der Waals surface area contributed by atoms with Gasteiger partial charge in [-0.1, -0.05) is 49.3 Å². The van der Waals surface area contributed by atoms with Crippen molar-refractivity contribution in [1.29, 1.82) is 0 Å². The normalized spacial score (nSPS) is 24.9. The predicted octanol–water partition coefficient (Wildman–Crippen LogP) is 4.23. The molecule has 1 saturated carbocycles. The average molecular weight is 267 g/mol. The Kier molecular flexibility index (Phi) is 4.77. The van der Waals surface area contributed by atoms with Crippen molar-refractivity contribution in [3.63, 3.8) is 0 Å². The molecule has 1 nitrogen and oxygen atoms in total. The van der Waals surface area contributed by atoms with Crippen molar-refractivity contribution in [2.24, 2.45) is 0 Å². The zero-order valence-electron chi connectivity index (χ0n) is 12.4. The summed E-state index contributed by atoms with van der Waals surface area (Å²) >= 11 is 0. The highest BCUT2D eigenvalue weighted by atomic mass is 15.2. The first-order chi connectivity index (χ1) is 9.93. The predicted molar refractivity (Wildman–Crippen MR) is 84.5 cm³/mol. The number of hydrogen-bond donors (Lipinski definition) is 0. The summed E-state index contributed by atoms with van der Waals surface area (Å²) in [5.41, 5.74) is 1.15. The van der Waals surface area contributed by atoms with Crippen molar-refractivity contribution < 1.29 is 0 Å². The van der Waals surface area contributed by atoms with E-state index in [2.05, 4.69) is 47.1 Å². The molecule has 3 rings (SSSR count). The third kappa shape index (κ3) is 3.44. The summed E-state index contributed by atoms with van der Waals surface area (Å²) in [6.07, 6.45) is 11.0. The van der Waals surface area contributed by atoms with Crippen molar-refractivity contribution in [1.82, 2.24) is 4.90 Å². The van der Waals surface area contributed by atoms with Crippen LogP contribution in [0.4, 0.5) is 0 Å². The molecule has 0 radical (unpaired) electrons. The van der Waals surface area contributed by atoms with Crippen molar-refractivity contribution in [3.05, 3.63) is 35.9 Å². The van der Waals surface area contributed by atoms with Gasteiger partial charge in [0, 0.05) is 11.6 Å². The van der Waals surface area contributed by atoms with Gasteiger partial charge < -0.3 is 0 Å². The molecule has 0 amide bonds. The fraction of sp³-hybridized carbons (Fsp3) is 0.579. The summed E-state index contributed by atoms with van der Waals surface area (Å²) in [5, 5.41) is 0. The molecule has 1 heterocycles. The van der Waals surface area contributed by atoms with Gasteiger partial charge >= 0.3 is 0 Å². The van der Waals surface area contributed by atoms with Crippen molar-refractivity contribution in [2.45, 2.75) is 63.5 Å². The number of benzene rings is 1. The van der Waals surface area contributed by atoms with Gasteiger partial charge in [0.25, 0.3) is 0 Å². The van der Waals surface area contributed by atoms with Gasteiger partial charge in [0.05, 0.1) is 6.04 Å². The monoisotopic (exact) mass is 267 g/mol. The fourth-order valence-electron chi connectivity index (χ4n) is 3.65. The summed E-state index contributed by atoms with van der Waals surface area (Å²) in [7, 11) is 0. The number of rotatable bonds is 1. The van der Waals surface area contributed by atoms with Crippen molar-refractivity contribution >= 4 is 0 Å². The van der Waals surface area contributed by atoms with Crippen LogP contribution >= 0.6 is 0 Å². The maximum atomic E-state index is 3.56. The first kappa shape index (κ1) is 13.7. The second kappa shape index (κ2) is 6.95. The Hall–Kier alpha value is -1.26. The maximum Gasteiger partial charge on any atom is 0.0720 e. The molecule has 106 valence electrons. The van der Waals surface area contributed by atoms with E-state index in [1.165, 1.54) is 57.9 Å². The number of piperidine rings is 1. The average Bonchev–Trinajstić information content (AvgIpc) is 2.55. The Bertz CT molecular complexity index is 462. The third-order valence-corrected chi connectivity index (χ3v) is 4.74. The highest BCUT2D eigenvalue weighted by molar-refractivity contribution is 5.35.